The third-order valence-electron chi connectivity index (χ3n) is 6.41. The Labute approximate surface area is 248 Å². The van der Waals surface area contributed by atoms with Crippen molar-refractivity contribution < 1.29 is 49.1 Å². The van der Waals surface area contributed by atoms with E-state index in [1.165, 1.54) is 0 Å². The van der Waals surface area contributed by atoms with Gasteiger partial charge in [-0.3, -0.25) is 29.0 Å². The number of hydrogen-bond donors (Lipinski definition) is 6. The normalized spacial score (nSPS) is 20.0. The summed E-state index contributed by atoms with van der Waals surface area (Å²) in [7, 11) is 0. The Hall–Kier alpha value is -2.36. The third-order valence-corrected chi connectivity index (χ3v) is 6.41. The maximum absolute atomic E-state index is 12.4. The van der Waals surface area contributed by atoms with Crippen LogP contribution in [0.3, 0.4) is 0 Å². The number of carbonyl (C=O) groups is 4. The molecule has 0 aromatic heterocycles. The molecule has 2 amide bonds. The van der Waals surface area contributed by atoms with Crippen LogP contribution in [0.1, 0.15) is 66.2 Å². The Bertz CT molecular complexity index is 739. The predicted octanol–water partition coefficient (Wildman–Crippen LogP) is -1.48. The molecule has 42 heavy (non-hydrogen) atoms. The molecular formula is C28H52N4O10. The molecule has 1 fully saturated rings. The van der Waals surface area contributed by atoms with Crippen LogP contribution in [-0.4, -0.2) is 143 Å². The fourth-order valence-corrected chi connectivity index (χ4v) is 4.71. The molecule has 14 heteroatoms. The van der Waals surface area contributed by atoms with Crippen molar-refractivity contribution in [3.8, 4) is 0 Å². The van der Waals surface area contributed by atoms with Crippen molar-refractivity contribution in [2.45, 2.75) is 103 Å². The first kappa shape index (κ1) is 37.7. The molecule has 0 aliphatic carbocycles. The van der Waals surface area contributed by atoms with E-state index in [2.05, 4.69) is 10.6 Å². The fraction of sp³-hybridized carbons (Fsp3) is 0.857. The number of nitrogens with one attached hydrogen (secondary N) is 2. The van der Waals surface area contributed by atoms with Crippen LogP contribution < -0.4 is 10.6 Å². The van der Waals surface area contributed by atoms with E-state index in [0.717, 1.165) is 0 Å². The van der Waals surface area contributed by atoms with Gasteiger partial charge in [0.05, 0.1) is 37.6 Å². The molecule has 6 N–H and O–H groups in total. The second-order valence-electron chi connectivity index (χ2n) is 11.3. The van der Waals surface area contributed by atoms with Gasteiger partial charge in [0.15, 0.2) is 0 Å². The van der Waals surface area contributed by atoms with E-state index >= 15 is 0 Å². The second kappa shape index (κ2) is 20.5. The number of aliphatic hydroxyl groups is 4. The average Bonchev–Trinajstić information content (AvgIpc) is 2.85. The van der Waals surface area contributed by atoms with Crippen molar-refractivity contribution in [2.24, 2.45) is 0 Å². The maximum atomic E-state index is 12.4. The lowest BCUT2D eigenvalue weighted by molar-refractivity contribution is -0.147. The van der Waals surface area contributed by atoms with Crippen LogP contribution in [-0.2, 0) is 28.7 Å². The van der Waals surface area contributed by atoms with Crippen molar-refractivity contribution in [2.75, 3.05) is 52.5 Å². The molecule has 0 spiro atoms. The number of esters is 2. The van der Waals surface area contributed by atoms with E-state index in [-0.39, 0.29) is 38.9 Å². The van der Waals surface area contributed by atoms with Gasteiger partial charge in [-0.25, -0.2) is 0 Å². The summed E-state index contributed by atoms with van der Waals surface area (Å²) < 4.78 is 10.4. The van der Waals surface area contributed by atoms with Gasteiger partial charge >= 0.3 is 11.9 Å². The van der Waals surface area contributed by atoms with Gasteiger partial charge in [-0.05, 0) is 53.6 Å². The van der Waals surface area contributed by atoms with Crippen LogP contribution in [0.15, 0.2) is 0 Å². The summed E-state index contributed by atoms with van der Waals surface area (Å²) in [5, 5.41) is 43.5. The first-order chi connectivity index (χ1) is 19.8. The lowest BCUT2D eigenvalue weighted by Crippen LogP contribution is -2.62. The minimum atomic E-state index is -0.845. The minimum Gasteiger partial charge on any atom is -0.466 e. The summed E-state index contributed by atoms with van der Waals surface area (Å²) >= 11 is 0. The molecule has 1 saturated heterocycles. The number of carbonyl (C=O) groups excluding carboxylic acids is 4. The van der Waals surface area contributed by atoms with Gasteiger partial charge in [0.25, 0.3) is 0 Å². The smallest absolute Gasteiger partial charge is 0.305 e. The number of rotatable bonds is 22. The zero-order valence-electron chi connectivity index (χ0n) is 25.5. The van der Waals surface area contributed by atoms with Crippen LogP contribution >= 0.6 is 0 Å². The highest BCUT2D eigenvalue weighted by Crippen LogP contribution is 2.08. The lowest BCUT2D eigenvalue weighted by atomic mass is 10.1. The summed E-state index contributed by atoms with van der Waals surface area (Å²) in [4.78, 5) is 52.8. The standard InChI is InChI=1S/C28H52N4O10/c1-19(33)15-31(16-20(2)34)11-5-7-25(37)41-13-9-23-27(39)30-24(28(40)29-23)10-14-42-26(38)8-6-12-32(17-21(3)35)18-22(4)36/h19-24,33-36H,5-18H2,1-4H3,(H,29,40)(H,30,39). The Kier molecular flexibility index (Phi) is 18.4. The molecule has 0 bridgehead atoms. The number of ether oxygens (including phenoxy) is 2. The SMILES string of the molecule is CC(O)CN(CCCC(=O)OCCC1NC(=O)C(CCOC(=O)CCCN(CC(C)O)CC(C)O)NC1=O)CC(C)O. The van der Waals surface area contributed by atoms with E-state index in [4.69, 9.17) is 9.47 Å². The highest BCUT2D eigenvalue weighted by atomic mass is 16.5. The van der Waals surface area contributed by atoms with Gasteiger partial charge < -0.3 is 40.5 Å². The average molecular weight is 605 g/mol. The third kappa shape index (κ3) is 17.6. The summed E-state index contributed by atoms with van der Waals surface area (Å²) in [6.07, 6.45) is -0.754. The van der Waals surface area contributed by atoms with E-state index in [1.54, 1.807) is 27.7 Å². The molecule has 0 aromatic rings. The molecule has 1 aliphatic rings. The van der Waals surface area contributed by atoms with Crippen LogP contribution in [0.25, 0.3) is 0 Å². The molecule has 0 radical (unpaired) electrons. The summed E-state index contributed by atoms with van der Waals surface area (Å²) in [6.45, 7) is 9.08. The largest absolute Gasteiger partial charge is 0.466 e. The number of amides is 2. The molecule has 1 aliphatic heterocycles. The Morgan fingerprint density at radius 1 is 0.667 bits per heavy atom. The van der Waals surface area contributed by atoms with Crippen LogP contribution in [0.2, 0.25) is 0 Å². The molecule has 6 atom stereocenters. The molecule has 1 heterocycles. The summed E-state index contributed by atoms with van der Waals surface area (Å²) in [5.41, 5.74) is 0. The Morgan fingerprint density at radius 2 is 0.976 bits per heavy atom. The highest BCUT2D eigenvalue weighted by molar-refractivity contribution is 5.96. The first-order valence-corrected chi connectivity index (χ1v) is 14.9. The van der Waals surface area contributed by atoms with Gasteiger partial charge in [-0.2, -0.15) is 0 Å². The van der Waals surface area contributed by atoms with Crippen molar-refractivity contribution in [1.29, 1.82) is 0 Å². The molecule has 6 unspecified atom stereocenters. The van der Waals surface area contributed by atoms with E-state index in [0.29, 0.717) is 52.1 Å². The number of aliphatic hydroxyl groups excluding tert-OH is 4. The van der Waals surface area contributed by atoms with Crippen LogP contribution in [0, 0.1) is 0 Å². The molecule has 244 valence electrons. The van der Waals surface area contributed by atoms with Crippen molar-refractivity contribution in [3.05, 3.63) is 0 Å². The van der Waals surface area contributed by atoms with E-state index in [1.807, 2.05) is 9.80 Å². The molecular weight excluding hydrogens is 552 g/mol. The van der Waals surface area contributed by atoms with Gasteiger partial charge in [0, 0.05) is 51.9 Å². The topological polar surface area (TPSA) is 198 Å². The first-order valence-electron chi connectivity index (χ1n) is 14.9. The quantitative estimate of drug-likeness (QED) is 0.0785. The predicted molar refractivity (Wildman–Crippen MR) is 153 cm³/mol. The van der Waals surface area contributed by atoms with Crippen LogP contribution in [0.4, 0.5) is 0 Å². The monoisotopic (exact) mass is 604 g/mol. The highest BCUT2D eigenvalue weighted by Gasteiger charge is 2.33. The van der Waals surface area contributed by atoms with Gasteiger partial charge in [0.1, 0.15) is 12.1 Å². The number of piperazine rings is 1. The molecule has 0 aromatic carbocycles. The number of hydrogen-bond acceptors (Lipinski definition) is 12. The Balaban J connectivity index is 2.27. The number of nitrogens with zero attached hydrogens (tertiary/aromatic N) is 2. The van der Waals surface area contributed by atoms with Crippen molar-refractivity contribution in [1.82, 2.24) is 20.4 Å². The summed E-state index contributed by atoms with van der Waals surface area (Å²) in [5.74, 6) is -1.70. The minimum absolute atomic E-state index is 0.0452. The van der Waals surface area contributed by atoms with Gasteiger partial charge in [-0.15, -0.1) is 0 Å². The van der Waals surface area contributed by atoms with Gasteiger partial charge in [-0.1, -0.05) is 0 Å². The van der Waals surface area contributed by atoms with E-state index in [9.17, 15) is 39.6 Å². The molecule has 0 saturated carbocycles. The van der Waals surface area contributed by atoms with Crippen LogP contribution in [0.5, 0.6) is 0 Å². The Morgan fingerprint density at radius 3 is 1.26 bits per heavy atom. The van der Waals surface area contributed by atoms with Crippen molar-refractivity contribution in [3.63, 3.8) is 0 Å². The molecule has 1 rings (SSSR count). The summed E-state index contributed by atoms with van der Waals surface area (Å²) in [6, 6.07) is -1.69. The zero-order chi connectivity index (χ0) is 31.7. The van der Waals surface area contributed by atoms with E-state index < -0.39 is 60.3 Å². The fourth-order valence-electron chi connectivity index (χ4n) is 4.71. The van der Waals surface area contributed by atoms with Crippen molar-refractivity contribution >= 4 is 23.8 Å². The molecule has 14 nitrogen and oxygen atoms in total. The lowest BCUT2D eigenvalue weighted by Gasteiger charge is -2.29. The van der Waals surface area contributed by atoms with Gasteiger partial charge in [0.2, 0.25) is 11.8 Å². The second-order valence-corrected chi connectivity index (χ2v) is 11.3. The maximum Gasteiger partial charge on any atom is 0.305 e. The zero-order valence-corrected chi connectivity index (χ0v) is 25.5.